The highest BCUT2D eigenvalue weighted by atomic mass is 16.2. The van der Waals surface area contributed by atoms with E-state index in [0.717, 1.165) is 22.5 Å². The molecule has 1 aromatic heterocycles. The number of nitrogens with zero attached hydrogens (tertiary/aromatic N) is 5. The van der Waals surface area contributed by atoms with Gasteiger partial charge in [0.15, 0.2) is 5.82 Å². The first-order chi connectivity index (χ1) is 15.6. The Balaban J connectivity index is 1.62. The highest BCUT2D eigenvalue weighted by Gasteiger charge is 2.34. The number of anilines is 1. The Labute approximate surface area is 187 Å². The normalized spacial score (nSPS) is 16.5. The molecular formula is C24H25N7O. The third kappa shape index (κ3) is 4.47. The number of aromatic nitrogens is 2. The van der Waals surface area contributed by atoms with E-state index in [1.54, 1.807) is 6.20 Å². The molecule has 3 aromatic rings. The molecule has 162 valence electrons. The van der Waals surface area contributed by atoms with Crippen LogP contribution >= 0.6 is 0 Å². The van der Waals surface area contributed by atoms with Gasteiger partial charge in [0.25, 0.3) is 5.91 Å². The standard InChI is InChI=1S/C24H25N7O/c1-17-8-6-7-11-20(17)29-24(27-16-25)30-12-13-31(23(32)22-26-14-18(2)28-22)21(15-30)19-9-4-3-5-10-19/h3-11,14,21H,12-13,15H2,1-2H3,(H,26,28)(H,27,29). The summed E-state index contributed by atoms with van der Waals surface area (Å²) in [6.07, 6.45) is 3.64. The van der Waals surface area contributed by atoms with Crippen LogP contribution in [0, 0.1) is 25.3 Å². The Morgan fingerprint density at radius 3 is 2.59 bits per heavy atom. The van der Waals surface area contributed by atoms with Crippen molar-refractivity contribution in [2.24, 2.45) is 4.99 Å². The lowest BCUT2D eigenvalue weighted by Gasteiger charge is -2.42. The third-order valence-corrected chi connectivity index (χ3v) is 5.58. The lowest BCUT2D eigenvalue weighted by atomic mass is 10.0. The smallest absolute Gasteiger partial charge is 0.290 e. The highest BCUT2D eigenvalue weighted by Crippen LogP contribution is 2.27. The van der Waals surface area contributed by atoms with E-state index in [1.165, 1.54) is 0 Å². The summed E-state index contributed by atoms with van der Waals surface area (Å²) < 4.78 is 0. The molecule has 2 heterocycles. The molecule has 1 unspecified atom stereocenters. The van der Waals surface area contributed by atoms with E-state index in [2.05, 4.69) is 20.3 Å². The minimum atomic E-state index is -0.217. The molecule has 32 heavy (non-hydrogen) atoms. The van der Waals surface area contributed by atoms with E-state index in [1.807, 2.05) is 84.4 Å². The lowest BCUT2D eigenvalue weighted by Crippen LogP contribution is -2.54. The number of carbonyl (C=O) groups excluding carboxylic acids is 1. The number of aryl methyl sites for hydroxylation is 2. The van der Waals surface area contributed by atoms with Crippen molar-refractivity contribution in [3.8, 4) is 6.19 Å². The Bertz CT molecular complexity index is 1160. The number of aromatic amines is 1. The lowest BCUT2D eigenvalue weighted by molar-refractivity contribution is 0.0539. The zero-order chi connectivity index (χ0) is 22.5. The van der Waals surface area contributed by atoms with E-state index >= 15 is 0 Å². The maximum Gasteiger partial charge on any atom is 0.290 e. The van der Waals surface area contributed by atoms with Crippen LogP contribution in [0.1, 0.15) is 33.5 Å². The molecule has 2 N–H and O–H groups in total. The molecular weight excluding hydrogens is 402 g/mol. The molecule has 0 saturated carbocycles. The van der Waals surface area contributed by atoms with E-state index in [0.29, 0.717) is 31.4 Å². The number of piperazine rings is 1. The number of aliphatic imine (C=N–C) groups is 1. The minimum Gasteiger partial charge on any atom is -0.340 e. The van der Waals surface area contributed by atoms with Gasteiger partial charge < -0.3 is 20.1 Å². The molecule has 4 rings (SSSR count). The number of amides is 1. The van der Waals surface area contributed by atoms with Gasteiger partial charge in [-0.3, -0.25) is 4.79 Å². The monoisotopic (exact) mass is 427 g/mol. The summed E-state index contributed by atoms with van der Waals surface area (Å²) in [5.41, 5.74) is 3.73. The topological polar surface area (TPSA) is 100 Å². The first kappa shape index (κ1) is 21.1. The second-order valence-electron chi connectivity index (χ2n) is 7.74. The van der Waals surface area contributed by atoms with Crippen LogP contribution in [0.4, 0.5) is 5.69 Å². The average molecular weight is 428 g/mol. The number of guanidine groups is 1. The van der Waals surface area contributed by atoms with Crippen molar-refractivity contribution in [1.82, 2.24) is 19.8 Å². The van der Waals surface area contributed by atoms with Crippen LogP contribution in [0.3, 0.4) is 0 Å². The number of rotatable bonds is 3. The zero-order valence-electron chi connectivity index (χ0n) is 18.1. The van der Waals surface area contributed by atoms with Crippen molar-refractivity contribution in [2.45, 2.75) is 19.9 Å². The zero-order valence-corrected chi connectivity index (χ0v) is 18.1. The summed E-state index contributed by atoms with van der Waals surface area (Å²) in [6.45, 7) is 5.35. The Morgan fingerprint density at radius 2 is 1.91 bits per heavy atom. The summed E-state index contributed by atoms with van der Waals surface area (Å²) in [7, 11) is 0. The van der Waals surface area contributed by atoms with Gasteiger partial charge in [-0.05, 0) is 31.0 Å². The number of nitriles is 1. The molecule has 8 heteroatoms. The van der Waals surface area contributed by atoms with Crippen LogP contribution in [0.25, 0.3) is 0 Å². The number of nitrogens with one attached hydrogen (secondary N) is 2. The summed E-state index contributed by atoms with van der Waals surface area (Å²) in [5, 5.41) is 12.6. The summed E-state index contributed by atoms with van der Waals surface area (Å²) >= 11 is 0. The fourth-order valence-corrected chi connectivity index (χ4v) is 3.90. The summed E-state index contributed by atoms with van der Waals surface area (Å²) in [4.78, 5) is 28.5. The molecule has 1 saturated heterocycles. The Kier molecular flexibility index (Phi) is 6.17. The van der Waals surface area contributed by atoms with Gasteiger partial charge >= 0.3 is 0 Å². The SMILES string of the molecule is Cc1c[nH]c(C(=O)N2CCN(/C(=N\C#N)Nc3ccccc3C)CC2c2ccccc2)n1. The molecule has 1 aliphatic heterocycles. The summed E-state index contributed by atoms with van der Waals surface area (Å²) in [6, 6.07) is 17.5. The molecule has 8 nitrogen and oxygen atoms in total. The van der Waals surface area contributed by atoms with Gasteiger partial charge in [0.2, 0.25) is 12.2 Å². The van der Waals surface area contributed by atoms with Gasteiger partial charge in [-0.15, -0.1) is 4.99 Å². The Hall–Kier alpha value is -4.12. The molecule has 0 radical (unpaired) electrons. The molecule has 2 aromatic carbocycles. The van der Waals surface area contributed by atoms with Gasteiger partial charge in [-0.2, -0.15) is 5.26 Å². The van der Waals surface area contributed by atoms with Crippen LogP contribution in [0.15, 0.2) is 65.8 Å². The quantitative estimate of drug-likeness (QED) is 0.379. The van der Waals surface area contributed by atoms with Gasteiger partial charge in [-0.1, -0.05) is 48.5 Å². The molecule has 0 bridgehead atoms. The van der Waals surface area contributed by atoms with Crippen LogP contribution in [0.2, 0.25) is 0 Å². The molecule has 1 fully saturated rings. The van der Waals surface area contributed by atoms with E-state index < -0.39 is 0 Å². The van der Waals surface area contributed by atoms with Crippen LogP contribution in [-0.2, 0) is 0 Å². The van der Waals surface area contributed by atoms with Crippen molar-refractivity contribution in [1.29, 1.82) is 5.26 Å². The second kappa shape index (κ2) is 9.35. The molecule has 1 aliphatic rings. The molecule has 1 atom stereocenters. The van der Waals surface area contributed by atoms with Crippen LogP contribution < -0.4 is 5.32 Å². The predicted molar refractivity (Wildman–Crippen MR) is 123 cm³/mol. The maximum absolute atomic E-state index is 13.3. The van der Waals surface area contributed by atoms with Gasteiger partial charge in [0.1, 0.15) is 0 Å². The van der Waals surface area contributed by atoms with Crippen molar-refractivity contribution >= 4 is 17.6 Å². The first-order valence-electron chi connectivity index (χ1n) is 10.5. The van der Waals surface area contributed by atoms with Gasteiger partial charge in [0, 0.05) is 31.5 Å². The predicted octanol–water partition coefficient (Wildman–Crippen LogP) is 3.47. The summed E-state index contributed by atoms with van der Waals surface area (Å²) in [5.74, 6) is 0.668. The van der Waals surface area contributed by atoms with E-state index in [-0.39, 0.29) is 11.9 Å². The van der Waals surface area contributed by atoms with Crippen molar-refractivity contribution < 1.29 is 4.79 Å². The Morgan fingerprint density at radius 1 is 1.16 bits per heavy atom. The number of para-hydroxylation sites is 1. The van der Waals surface area contributed by atoms with Crippen molar-refractivity contribution in [2.75, 3.05) is 25.0 Å². The number of imidazole rings is 1. The first-order valence-corrected chi connectivity index (χ1v) is 10.5. The largest absolute Gasteiger partial charge is 0.340 e. The van der Waals surface area contributed by atoms with Crippen LogP contribution in [0.5, 0.6) is 0 Å². The number of benzene rings is 2. The number of carbonyl (C=O) groups is 1. The van der Waals surface area contributed by atoms with Gasteiger partial charge in [-0.25, -0.2) is 4.98 Å². The van der Waals surface area contributed by atoms with E-state index in [9.17, 15) is 10.1 Å². The minimum absolute atomic E-state index is 0.141. The molecule has 1 amide bonds. The van der Waals surface area contributed by atoms with Gasteiger partial charge in [0.05, 0.1) is 11.7 Å². The fraction of sp³-hybridized carbons (Fsp3) is 0.250. The fourth-order valence-electron chi connectivity index (χ4n) is 3.90. The third-order valence-electron chi connectivity index (χ3n) is 5.58. The van der Waals surface area contributed by atoms with E-state index in [4.69, 9.17) is 0 Å². The number of hydrogen-bond donors (Lipinski definition) is 2. The maximum atomic E-state index is 13.3. The average Bonchev–Trinajstić information content (AvgIpc) is 3.26. The number of hydrogen-bond acceptors (Lipinski definition) is 4. The highest BCUT2D eigenvalue weighted by molar-refractivity contribution is 5.95. The number of H-pyrrole nitrogens is 1. The second-order valence-corrected chi connectivity index (χ2v) is 7.74. The van der Waals surface area contributed by atoms with Crippen molar-refractivity contribution in [3.05, 3.63) is 83.4 Å². The van der Waals surface area contributed by atoms with Crippen LogP contribution in [-0.4, -0.2) is 51.3 Å². The van der Waals surface area contributed by atoms with Crippen molar-refractivity contribution in [3.63, 3.8) is 0 Å². The molecule has 0 spiro atoms. The molecule has 0 aliphatic carbocycles.